The van der Waals surface area contributed by atoms with Gasteiger partial charge in [-0.15, -0.1) is 0 Å². The number of carbonyl (C=O) groups excluding carboxylic acids is 1. The standard InChI is InChI=1S/C15H16O2/c1-4-11-9(2)5-6-12-14(17)8-7-13(16)10(3)15(11)12/h4-8,13,16H,1-3H3. The van der Waals surface area contributed by atoms with Crippen molar-refractivity contribution in [3.05, 3.63) is 45.8 Å². The van der Waals surface area contributed by atoms with Crippen molar-refractivity contribution in [1.82, 2.24) is 0 Å². The fraction of sp³-hybridized carbons (Fsp3) is 0.267. The summed E-state index contributed by atoms with van der Waals surface area (Å²) in [6, 6.07) is 3.79. The van der Waals surface area contributed by atoms with Gasteiger partial charge in [-0.2, -0.15) is 0 Å². The first kappa shape index (κ1) is 11.8. The molecule has 2 rings (SSSR count). The number of allylic oxidation sites excluding steroid dienone is 1. The highest BCUT2D eigenvalue weighted by atomic mass is 16.3. The number of aliphatic hydroxyl groups excluding tert-OH is 1. The molecular formula is C15H16O2. The van der Waals surface area contributed by atoms with Crippen LogP contribution in [0.4, 0.5) is 0 Å². The summed E-state index contributed by atoms with van der Waals surface area (Å²) in [7, 11) is 0. The molecule has 1 aromatic carbocycles. The van der Waals surface area contributed by atoms with Crippen LogP contribution in [0.1, 0.15) is 29.8 Å². The Labute approximate surface area is 101 Å². The van der Waals surface area contributed by atoms with Crippen LogP contribution in [0.5, 0.6) is 0 Å². The first-order chi connectivity index (χ1) is 8.06. The summed E-state index contributed by atoms with van der Waals surface area (Å²) in [5, 5.41) is 11.9. The third kappa shape index (κ3) is 1.85. The molecule has 0 fully saturated rings. The fourth-order valence-corrected chi connectivity index (χ4v) is 2.29. The molecule has 0 aliphatic heterocycles. The minimum atomic E-state index is -0.680. The van der Waals surface area contributed by atoms with E-state index in [9.17, 15) is 9.90 Å². The van der Waals surface area contributed by atoms with Crippen LogP contribution in [0.15, 0.2) is 24.3 Å². The van der Waals surface area contributed by atoms with Gasteiger partial charge in [0.15, 0.2) is 5.78 Å². The third-order valence-corrected chi connectivity index (χ3v) is 3.29. The van der Waals surface area contributed by atoms with Crippen molar-refractivity contribution in [2.24, 2.45) is 0 Å². The highest BCUT2D eigenvalue weighted by Gasteiger charge is 2.15. The van der Waals surface area contributed by atoms with Crippen molar-refractivity contribution in [2.45, 2.75) is 26.9 Å². The van der Waals surface area contributed by atoms with Gasteiger partial charge in [0, 0.05) is 5.56 Å². The van der Waals surface area contributed by atoms with E-state index in [4.69, 9.17) is 0 Å². The van der Waals surface area contributed by atoms with E-state index in [0.717, 1.165) is 21.6 Å². The van der Waals surface area contributed by atoms with Crippen LogP contribution in [0.3, 0.4) is 0 Å². The van der Waals surface area contributed by atoms with Crippen LogP contribution < -0.4 is 10.4 Å². The minimum absolute atomic E-state index is 0.0426. The monoisotopic (exact) mass is 228 g/mol. The van der Waals surface area contributed by atoms with E-state index in [1.807, 2.05) is 39.0 Å². The quantitative estimate of drug-likeness (QED) is 0.721. The molecule has 2 nitrogen and oxygen atoms in total. The Bertz CT molecular complexity index is 621. The predicted molar refractivity (Wildman–Crippen MR) is 69.1 cm³/mol. The molecule has 0 aromatic heterocycles. The Morgan fingerprint density at radius 2 is 2.00 bits per heavy atom. The van der Waals surface area contributed by atoms with Crippen LogP contribution in [0, 0.1) is 6.92 Å². The largest absolute Gasteiger partial charge is 0.385 e. The summed E-state index contributed by atoms with van der Waals surface area (Å²) >= 11 is 0. The molecule has 0 saturated carbocycles. The van der Waals surface area contributed by atoms with E-state index < -0.39 is 6.10 Å². The second-order valence-electron chi connectivity index (χ2n) is 4.36. The average molecular weight is 228 g/mol. The van der Waals surface area contributed by atoms with Crippen molar-refractivity contribution >= 4 is 17.4 Å². The normalized spacial score (nSPS) is 20.5. The molecule has 1 unspecified atom stereocenters. The van der Waals surface area contributed by atoms with Crippen molar-refractivity contribution in [3.63, 3.8) is 0 Å². The molecule has 0 amide bonds. The lowest BCUT2D eigenvalue weighted by Crippen LogP contribution is -2.35. The molecular weight excluding hydrogens is 212 g/mol. The minimum Gasteiger partial charge on any atom is -0.385 e. The molecule has 1 N–H and O–H groups in total. The summed E-state index contributed by atoms with van der Waals surface area (Å²) in [5.41, 5.74) is 2.63. The summed E-state index contributed by atoms with van der Waals surface area (Å²) in [6.07, 6.45) is 4.31. The van der Waals surface area contributed by atoms with Gasteiger partial charge in [-0.05, 0) is 54.5 Å². The number of carbonyl (C=O) groups is 1. The lowest BCUT2D eigenvalue weighted by atomic mass is 9.99. The highest BCUT2D eigenvalue weighted by molar-refractivity contribution is 6.06. The molecule has 1 aliphatic carbocycles. The number of aliphatic hydroxyl groups is 1. The van der Waals surface area contributed by atoms with E-state index in [1.54, 1.807) is 6.08 Å². The Balaban J connectivity index is 3.04. The number of fused-ring (bicyclic) bond motifs is 1. The van der Waals surface area contributed by atoms with E-state index in [2.05, 4.69) is 0 Å². The van der Waals surface area contributed by atoms with Gasteiger partial charge in [0.25, 0.3) is 0 Å². The molecule has 1 atom stereocenters. The van der Waals surface area contributed by atoms with Gasteiger partial charge < -0.3 is 5.11 Å². The van der Waals surface area contributed by atoms with E-state index >= 15 is 0 Å². The van der Waals surface area contributed by atoms with Gasteiger partial charge in [-0.3, -0.25) is 4.79 Å². The Kier molecular flexibility index (Phi) is 2.99. The van der Waals surface area contributed by atoms with Crippen molar-refractivity contribution in [2.75, 3.05) is 0 Å². The van der Waals surface area contributed by atoms with E-state index in [-0.39, 0.29) is 5.78 Å². The first-order valence-electron chi connectivity index (χ1n) is 5.73. The molecule has 88 valence electrons. The topological polar surface area (TPSA) is 37.3 Å². The molecule has 1 aliphatic rings. The summed E-state index contributed by atoms with van der Waals surface area (Å²) in [4.78, 5) is 12.0. The number of rotatable bonds is 0. The molecule has 17 heavy (non-hydrogen) atoms. The van der Waals surface area contributed by atoms with Crippen LogP contribution in [0.25, 0.3) is 11.6 Å². The van der Waals surface area contributed by atoms with Crippen molar-refractivity contribution < 1.29 is 9.90 Å². The zero-order valence-electron chi connectivity index (χ0n) is 10.3. The number of ketones is 1. The maximum absolute atomic E-state index is 12.0. The highest BCUT2D eigenvalue weighted by Crippen LogP contribution is 2.09. The predicted octanol–water partition coefficient (Wildman–Crippen LogP) is 1.08. The number of hydrogen-bond acceptors (Lipinski definition) is 2. The van der Waals surface area contributed by atoms with Crippen molar-refractivity contribution in [1.29, 1.82) is 0 Å². The number of benzene rings is 1. The van der Waals surface area contributed by atoms with Crippen LogP contribution in [-0.4, -0.2) is 17.0 Å². The summed E-state index contributed by atoms with van der Waals surface area (Å²) < 4.78 is 0. The lowest BCUT2D eigenvalue weighted by Gasteiger charge is -2.07. The molecule has 1 aromatic rings. The van der Waals surface area contributed by atoms with E-state index in [1.165, 1.54) is 6.08 Å². The molecule has 0 heterocycles. The molecule has 0 saturated heterocycles. The first-order valence-corrected chi connectivity index (χ1v) is 5.73. The molecule has 0 bridgehead atoms. The Morgan fingerprint density at radius 3 is 2.65 bits per heavy atom. The molecule has 0 spiro atoms. The second-order valence-corrected chi connectivity index (χ2v) is 4.36. The maximum Gasteiger partial charge on any atom is 0.186 e. The maximum atomic E-state index is 12.0. The SMILES string of the molecule is CC=c1c(C)ccc2c1=C(C)C(O)C=CC2=O. The zero-order valence-corrected chi connectivity index (χ0v) is 10.3. The lowest BCUT2D eigenvalue weighted by molar-refractivity contribution is 0.104. The van der Waals surface area contributed by atoms with Gasteiger partial charge in [0.2, 0.25) is 0 Å². The van der Waals surface area contributed by atoms with Gasteiger partial charge >= 0.3 is 0 Å². The Morgan fingerprint density at radius 1 is 1.29 bits per heavy atom. The van der Waals surface area contributed by atoms with Gasteiger partial charge in [-0.25, -0.2) is 0 Å². The summed E-state index contributed by atoms with van der Waals surface area (Å²) in [6.45, 7) is 5.84. The average Bonchev–Trinajstić information content (AvgIpc) is 2.42. The van der Waals surface area contributed by atoms with E-state index in [0.29, 0.717) is 5.56 Å². The third-order valence-electron chi connectivity index (χ3n) is 3.29. The molecule has 2 heteroatoms. The molecule has 0 radical (unpaired) electrons. The van der Waals surface area contributed by atoms with Crippen LogP contribution >= 0.6 is 0 Å². The zero-order chi connectivity index (χ0) is 12.6. The van der Waals surface area contributed by atoms with Crippen LogP contribution in [0.2, 0.25) is 0 Å². The van der Waals surface area contributed by atoms with Crippen molar-refractivity contribution in [3.8, 4) is 0 Å². The Hall–Kier alpha value is -1.67. The number of hydrogen-bond donors (Lipinski definition) is 1. The fourth-order valence-electron chi connectivity index (χ4n) is 2.29. The smallest absolute Gasteiger partial charge is 0.186 e. The van der Waals surface area contributed by atoms with Crippen LogP contribution in [-0.2, 0) is 0 Å². The number of aryl methyl sites for hydroxylation is 1. The van der Waals surface area contributed by atoms with Gasteiger partial charge in [0.1, 0.15) is 0 Å². The van der Waals surface area contributed by atoms with Gasteiger partial charge in [-0.1, -0.05) is 18.2 Å². The second kappa shape index (κ2) is 4.30. The van der Waals surface area contributed by atoms with Gasteiger partial charge in [0.05, 0.1) is 6.10 Å². The summed E-state index contributed by atoms with van der Waals surface area (Å²) in [5.74, 6) is -0.0426.